The highest BCUT2D eigenvalue weighted by Crippen LogP contribution is 2.16. The summed E-state index contributed by atoms with van der Waals surface area (Å²) in [6.45, 7) is 3.70. The molecule has 1 heterocycles. The smallest absolute Gasteiger partial charge is 0.0723 e. The van der Waals surface area contributed by atoms with E-state index in [2.05, 4.69) is 18.0 Å². The summed E-state index contributed by atoms with van der Waals surface area (Å²) in [5.74, 6) is 0. The lowest BCUT2D eigenvalue weighted by Gasteiger charge is -2.06. The average molecular weight is 215 g/mol. The van der Waals surface area contributed by atoms with E-state index in [1.807, 2.05) is 30.5 Å². The lowest BCUT2D eigenvalue weighted by atomic mass is 10.1. The molecule has 0 unspecified atom stereocenters. The molecule has 0 N–H and O–H groups in total. The molecule has 2 nitrogen and oxygen atoms in total. The summed E-state index contributed by atoms with van der Waals surface area (Å²) in [7, 11) is 0. The Morgan fingerprint density at radius 3 is 2.94 bits per heavy atom. The zero-order valence-electron chi connectivity index (χ0n) is 9.65. The van der Waals surface area contributed by atoms with Gasteiger partial charge in [-0.15, -0.1) is 0 Å². The van der Waals surface area contributed by atoms with Crippen LogP contribution in [0.4, 0.5) is 0 Å². The van der Waals surface area contributed by atoms with Crippen LogP contribution < -0.4 is 0 Å². The minimum Gasteiger partial charge on any atom is -0.377 e. The molecule has 0 radical (unpaired) electrons. The third-order valence-corrected chi connectivity index (χ3v) is 2.64. The van der Waals surface area contributed by atoms with Crippen LogP contribution in [-0.2, 0) is 11.3 Å². The van der Waals surface area contributed by atoms with E-state index in [0.29, 0.717) is 6.61 Å². The van der Waals surface area contributed by atoms with Crippen molar-refractivity contribution in [3.63, 3.8) is 0 Å². The standard InChI is InChI=1S/C14H17NO/c1-2-3-10-16-11-12-8-9-15-14-7-5-4-6-13(12)14/h4-9H,2-3,10-11H2,1H3. The minimum atomic E-state index is 0.684. The molecule has 0 bridgehead atoms. The van der Waals surface area contributed by atoms with E-state index in [1.54, 1.807) is 0 Å². The highest BCUT2D eigenvalue weighted by atomic mass is 16.5. The molecule has 0 aliphatic carbocycles. The van der Waals surface area contributed by atoms with Gasteiger partial charge >= 0.3 is 0 Å². The number of ether oxygens (including phenoxy) is 1. The third kappa shape index (κ3) is 2.58. The molecule has 0 saturated carbocycles. The Labute approximate surface area is 96.3 Å². The fourth-order valence-corrected chi connectivity index (χ4v) is 1.71. The summed E-state index contributed by atoms with van der Waals surface area (Å²) in [6, 6.07) is 10.2. The first-order valence-electron chi connectivity index (χ1n) is 5.82. The monoisotopic (exact) mass is 215 g/mol. The zero-order valence-corrected chi connectivity index (χ0v) is 9.65. The van der Waals surface area contributed by atoms with E-state index in [9.17, 15) is 0 Å². The molecule has 0 atom stereocenters. The number of hydrogen-bond donors (Lipinski definition) is 0. The van der Waals surface area contributed by atoms with Crippen LogP contribution in [0.25, 0.3) is 10.9 Å². The number of pyridine rings is 1. The van der Waals surface area contributed by atoms with Gasteiger partial charge in [0.2, 0.25) is 0 Å². The number of hydrogen-bond acceptors (Lipinski definition) is 2. The fourth-order valence-electron chi connectivity index (χ4n) is 1.71. The van der Waals surface area contributed by atoms with Crippen molar-refractivity contribution in [2.45, 2.75) is 26.4 Å². The van der Waals surface area contributed by atoms with Crippen molar-refractivity contribution < 1.29 is 4.74 Å². The van der Waals surface area contributed by atoms with Gasteiger partial charge in [0.15, 0.2) is 0 Å². The molecule has 1 aromatic heterocycles. The van der Waals surface area contributed by atoms with Crippen LogP contribution in [-0.4, -0.2) is 11.6 Å². The Balaban J connectivity index is 2.11. The van der Waals surface area contributed by atoms with Gasteiger partial charge in [-0.05, 0) is 24.1 Å². The van der Waals surface area contributed by atoms with Crippen LogP contribution in [0, 0.1) is 0 Å². The number of benzene rings is 1. The first-order chi connectivity index (χ1) is 7.92. The maximum Gasteiger partial charge on any atom is 0.0723 e. The lowest BCUT2D eigenvalue weighted by molar-refractivity contribution is 0.119. The number of nitrogens with zero attached hydrogens (tertiary/aromatic N) is 1. The normalized spacial score (nSPS) is 10.8. The summed E-state index contributed by atoms with van der Waals surface area (Å²) >= 11 is 0. The Kier molecular flexibility index (Phi) is 3.89. The third-order valence-electron chi connectivity index (χ3n) is 2.64. The van der Waals surface area contributed by atoms with Crippen molar-refractivity contribution >= 4 is 10.9 Å². The summed E-state index contributed by atoms with van der Waals surface area (Å²) in [6.07, 6.45) is 4.15. The second-order valence-electron chi connectivity index (χ2n) is 3.89. The van der Waals surface area contributed by atoms with Gasteiger partial charge in [-0.1, -0.05) is 31.5 Å². The summed E-state index contributed by atoms with van der Waals surface area (Å²) < 4.78 is 5.64. The van der Waals surface area contributed by atoms with Crippen molar-refractivity contribution in [1.29, 1.82) is 0 Å². The molecule has 0 fully saturated rings. The number of para-hydroxylation sites is 1. The van der Waals surface area contributed by atoms with Gasteiger partial charge in [-0.2, -0.15) is 0 Å². The molecule has 0 saturated heterocycles. The highest BCUT2D eigenvalue weighted by molar-refractivity contribution is 5.81. The first kappa shape index (κ1) is 11.1. The Bertz CT molecular complexity index is 448. The molecular weight excluding hydrogens is 198 g/mol. The van der Waals surface area contributed by atoms with Gasteiger partial charge in [0.1, 0.15) is 0 Å². The van der Waals surface area contributed by atoms with E-state index in [1.165, 1.54) is 17.4 Å². The average Bonchev–Trinajstić information content (AvgIpc) is 2.35. The van der Waals surface area contributed by atoms with Crippen molar-refractivity contribution in [2.75, 3.05) is 6.61 Å². The number of rotatable bonds is 5. The molecule has 2 heteroatoms. The van der Waals surface area contributed by atoms with E-state index < -0.39 is 0 Å². The van der Waals surface area contributed by atoms with Crippen LogP contribution >= 0.6 is 0 Å². The van der Waals surface area contributed by atoms with Crippen LogP contribution in [0.3, 0.4) is 0 Å². The van der Waals surface area contributed by atoms with Crippen LogP contribution in [0.15, 0.2) is 36.5 Å². The number of fused-ring (bicyclic) bond motifs is 1. The number of unbranched alkanes of at least 4 members (excludes halogenated alkanes) is 1. The first-order valence-corrected chi connectivity index (χ1v) is 5.82. The van der Waals surface area contributed by atoms with Gasteiger partial charge in [0.25, 0.3) is 0 Å². The Hall–Kier alpha value is -1.41. The molecule has 0 aliphatic rings. The van der Waals surface area contributed by atoms with Gasteiger partial charge in [0.05, 0.1) is 12.1 Å². The maximum atomic E-state index is 5.64. The van der Waals surface area contributed by atoms with E-state index in [0.717, 1.165) is 18.5 Å². The molecular formula is C14H17NO. The quantitative estimate of drug-likeness (QED) is 0.711. The minimum absolute atomic E-state index is 0.684. The molecule has 16 heavy (non-hydrogen) atoms. The Morgan fingerprint density at radius 1 is 1.19 bits per heavy atom. The van der Waals surface area contributed by atoms with Crippen molar-refractivity contribution in [3.8, 4) is 0 Å². The fraction of sp³-hybridized carbons (Fsp3) is 0.357. The molecule has 84 valence electrons. The summed E-state index contributed by atoms with van der Waals surface area (Å²) in [4.78, 5) is 4.33. The van der Waals surface area contributed by atoms with Crippen LogP contribution in [0.1, 0.15) is 25.3 Å². The van der Waals surface area contributed by atoms with Crippen LogP contribution in [0.2, 0.25) is 0 Å². The largest absolute Gasteiger partial charge is 0.377 e. The molecule has 0 amide bonds. The van der Waals surface area contributed by atoms with Gasteiger partial charge in [-0.25, -0.2) is 0 Å². The van der Waals surface area contributed by atoms with Crippen molar-refractivity contribution in [2.24, 2.45) is 0 Å². The molecule has 2 rings (SSSR count). The van der Waals surface area contributed by atoms with Crippen LogP contribution in [0.5, 0.6) is 0 Å². The topological polar surface area (TPSA) is 22.1 Å². The van der Waals surface area contributed by atoms with E-state index >= 15 is 0 Å². The van der Waals surface area contributed by atoms with E-state index in [4.69, 9.17) is 4.74 Å². The Morgan fingerprint density at radius 2 is 2.06 bits per heavy atom. The summed E-state index contributed by atoms with van der Waals surface area (Å²) in [5, 5.41) is 1.20. The SMILES string of the molecule is CCCCOCc1ccnc2ccccc12. The zero-order chi connectivity index (χ0) is 11.2. The second kappa shape index (κ2) is 5.61. The van der Waals surface area contributed by atoms with Gasteiger partial charge in [0, 0.05) is 18.2 Å². The second-order valence-corrected chi connectivity index (χ2v) is 3.89. The predicted octanol–water partition coefficient (Wildman–Crippen LogP) is 3.55. The van der Waals surface area contributed by atoms with Gasteiger partial charge in [-0.3, -0.25) is 4.98 Å². The molecule has 0 spiro atoms. The van der Waals surface area contributed by atoms with Crippen molar-refractivity contribution in [3.05, 3.63) is 42.1 Å². The maximum absolute atomic E-state index is 5.64. The molecule has 1 aromatic carbocycles. The lowest BCUT2D eigenvalue weighted by Crippen LogP contribution is -1.96. The summed E-state index contributed by atoms with van der Waals surface area (Å²) in [5.41, 5.74) is 2.26. The van der Waals surface area contributed by atoms with Gasteiger partial charge < -0.3 is 4.74 Å². The number of aromatic nitrogens is 1. The van der Waals surface area contributed by atoms with E-state index in [-0.39, 0.29) is 0 Å². The molecule has 0 aliphatic heterocycles. The highest BCUT2D eigenvalue weighted by Gasteiger charge is 2.00. The molecule has 2 aromatic rings. The van der Waals surface area contributed by atoms with Crippen molar-refractivity contribution in [1.82, 2.24) is 4.98 Å². The predicted molar refractivity (Wildman–Crippen MR) is 66.3 cm³/mol.